The third kappa shape index (κ3) is 3.15. The van der Waals surface area contributed by atoms with Crippen molar-refractivity contribution in [2.45, 2.75) is 39.0 Å². The van der Waals surface area contributed by atoms with Gasteiger partial charge in [0.2, 0.25) is 5.70 Å². The van der Waals surface area contributed by atoms with E-state index in [1.54, 1.807) is 6.20 Å². The van der Waals surface area contributed by atoms with Gasteiger partial charge in [-0.25, -0.2) is 14.8 Å². The van der Waals surface area contributed by atoms with Crippen molar-refractivity contribution in [1.82, 2.24) is 15.0 Å². The number of carbonyl (C=O) groups excluding carboxylic acids is 1. The minimum Gasteiger partial charge on any atom is -0.460 e. The Morgan fingerprint density at radius 1 is 1.14 bits per heavy atom. The summed E-state index contributed by atoms with van der Waals surface area (Å²) < 4.78 is 6.04. The van der Waals surface area contributed by atoms with Gasteiger partial charge in [0.15, 0.2) is 17.4 Å². The molecule has 0 amide bonds. The van der Waals surface area contributed by atoms with Crippen LogP contribution in [0.3, 0.4) is 0 Å². The average molecular weight is 461 g/mol. The predicted octanol–water partition coefficient (Wildman–Crippen LogP) is 6.10. The van der Waals surface area contributed by atoms with Crippen molar-refractivity contribution in [1.29, 1.82) is 0 Å². The van der Waals surface area contributed by atoms with Gasteiger partial charge in [-0.1, -0.05) is 38.1 Å². The van der Waals surface area contributed by atoms with Crippen LogP contribution in [0, 0.1) is 25.3 Å². The van der Waals surface area contributed by atoms with E-state index >= 15 is 0 Å². The van der Waals surface area contributed by atoms with Crippen molar-refractivity contribution in [3.63, 3.8) is 0 Å². The number of benzene rings is 1. The van der Waals surface area contributed by atoms with Crippen LogP contribution in [0.25, 0.3) is 38.6 Å². The molecule has 2 aliphatic carbocycles. The Balaban J connectivity index is 1.68. The van der Waals surface area contributed by atoms with Crippen molar-refractivity contribution in [3.8, 4) is 22.8 Å². The highest BCUT2D eigenvalue weighted by Crippen LogP contribution is 2.51. The van der Waals surface area contributed by atoms with Gasteiger partial charge in [-0.05, 0) is 49.9 Å². The Bertz CT molecular complexity index is 1590. The van der Waals surface area contributed by atoms with E-state index in [0.717, 1.165) is 52.0 Å². The van der Waals surface area contributed by atoms with Gasteiger partial charge in [0.25, 0.3) is 0 Å². The standard InChI is InChI=1S/C29H24N4O2/c1-16-9-12-24(35-16)25-20-10-11-21-17(2)26(34)23(30-4)15-29(21,3)27(20)33-28(32-25)19-13-14-31-22-8-6-5-7-18(19)22/h5-9,12-15,17,21H,10-11H2,1-3H3/t17-,21-,29-/m1/s1. The fourth-order valence-electron chi connectivity index (χ4n) is 5.92. The first kappa shape index (κ1) is 21.4. The summed E-state index contributed by atoms with van der Waals surface area (Å²) in [6.45, 7) is 13.6. The van der Waals surface area contributed by atoms with Crippen LogP contribution in [0.2, 0.25) is 0 Å². The van der Waals surface area contributed by atoms with E-state index in [2.05, 4.69) is 16.8 Å². The zero-order valence-electron chi connectivity index (χ0n) is 19.9. The molecule has 0 fully saturated rings. The van der Waals surface area contributed by atoms with Gasteiger partial charge in [0, 0.05) is 34.0 Å². The number of hydrogen-bond donors (Lipinski definition) is 0. The maximum Gasteiger partial charge on any atom is 0.226 e. The Hall–Kier alpha value is -4.11. The van der Waals surface area contributed by atoms with Gasteiger partial charge in [-0.2, -0.15) is 0 Å². The summed E-state index contributed by atoms with van der Waals surface area (Å²) in [4.78, 5) is 31.2. The summed E-state index contributed by atoms with van der Waals surface area (Å²) >= 11 is 0. The highest BCUT2D eigenvalue weighted by Gasteiger charge is 2.49. The Morgan fingerprint density at radius 3 is 2.74 bits per heavy atom. The molecule has 2 aliphatic rings. The lowest BCUT2D eigenvalue weighted by molar-refractivity contribution is -0.121. The summed E-state index contributed by atoms with van der Waals surface area (Å²) in [6, 6.07) is 13.8. The van der Waals surface area contributed by atoms with Crippen LogP contribution in [-0.2, 0) is 16.6 Å². The molecule has 35 heavy (non-hydrogen) atoms. The van der Waals surface area contributed by atoms with Crippen LogP contribution >= 0.6 is 0 Å². The molecule has 3 aromatic heterocycles. The first-order chi connectivity index (χ1) is 16.9. The van der Waals surface area contributed by atoms with Gasteiger partial charge < -0.3 is 9.21 Å². The second-order valence-corrected chi connectivity index (χ2v) is 9.73. The molecular weight excluding hydrogens is 436 g/mol. The largest absolute Gasteiger partial charge is 0.460 e. The van der Waals surface area contributed by atoms with Gasteiger partial charge in [-0.3, -0.25) is 4.98 Å². The molecule has 6 heteroatoms. The number of pyridine rings is 1. The average Bonchev–Trinajstić information content (AvgIpc) is 3.31. The van der Waals surface area contributed by atoms with Crippen molar-refractivity contribution >= 4 is 16.7 Å². The predicted molar refractivity (Wildman–Crippen MR) is 133 cm³/mol. The molecule has 3 atom stereocenters. The first-order valence-corrected chi connectivity index (χ1v) is 11.9. The number of para-hydroxylation sites is 1. The van der Waals surface area contributed by atoms with Gasteiger partial charge in [-0.15, -0.1) is 0 Å². The lowest BCUT2D eigenvalue weighted by atomic mass is 9.58. The fraction of sp³-hybridized carbons (Fsp3) is 0.276. The third-order valence-electron chi connectivity index (χ3n) is 7.68. The third-order valence-corrected chi connectivity index (χ3v) is 7.68. The molecule has 0 unspecified atom stereocenters. The molecule has 0 saturated heterocycles. The molecular formula is C29H24N4O2. The van der Waals surface area contributed by atoms with Crippen LogP contribution in [0.1, 0.15) is 37.3 Å². The second-order valence-electron chi connectivity index (χ2n) is 9.73. The highest BCUT2D eigenvalue weighted by atomic mass is 16.3. The summed E-state index contributed by atoms with van der Waals surface area (Å²) in [5.74, 6) is 1.87. The second kappa shape index (κ2) is 7.71. The van der Waals surface area contributed by atoms with E-state index in [1.807, 2.05) is 62.4 Å². The number of furan rings is 1. The zero-order chi connectivity index (χ0) is 24.3. The maximum atomic E-state index is 12.9. The molecule has 0 spiro atoms. The molecule has 0 radical (unpaired) electrons. The maximum absolute atomic E-state index is 12.9. The molecule has 1 aromatic carbocycles. The van der Waals surface area contributed by atoms with Gasteiger partial charge in [0.1, 0.15) is 11.5 Å². The molecule has 0 N–H and O–H groups in total. The SMILES string of the molecule is [C-]#[N+]C1=C[C@@]2(C)c3nc(-c4ccnc5ccccc45)nc(-c4ccc(C)o4)c3CC[C@@H]2[C@@H](C)C1=O. The van der Waals surface area contributed by atoms with Crippen LogP contribution in [0.15, 0.2) is 64.9 Å². The molecule has 6 rings (SSSR count). The number of carbonyl (C=O) groups is 1. The normalized spacial score (nSPS) is 23.4. The molecule has 6 nitrogen and oxygen atoms in total. The summed E-state index contributed by atoms with van der Waals surface area (Å²) in [5.41, 5.74) is 4.10. The molecule has 0 saturated carbocycles. The summed E-state index contributed by atoms with van der Waals surface area (Å²) in [6.07, 6.45) is 5.20. The van der Waals surface area contributed by atoms with Crippen molar-refractivity contribution in [3.05, 3.63) is 88.9 Å². The number of ketones is 1. The number of aromatic nitrogens is 3. The number of hydrogen-bond acceptors (Lipinski definition) is 5. The number of nitrogens with zero attached hydrogens (tertiary/aromatic N) is 4. The van der Waals surface area contributed by atoms with Crippen LogP contribution in [0.4, 0.5) is 0 Å². The number of aryl methyl sites for hydroxylation is 1. The lowest BCUT2D eigenvalue weighted by Gasteiger charge is -2.46. The fourth-order valence-corrected chi connectivity index (χ4v) is 5.92. The monoisotopic (exact) mass is 460 g/mol. The van der Waals surface area contributed by atoms with E-state index in [0.29, 0.717) is 11.6 Å². The Morgan fingerprint density at radius 2 is 1.97 bits per heavy atom. The first-order valence-electron chi connectivity index (χ1n) is 11.9. The van der Waals surface area contributed by atoms with E-state index in [1.165, 1.54) is 0 Å². The van der Waals surface area contributed by atoms with E-state index in [4.69, 9.17) is 21.0 Å². The van der Waals surface area contributed by atoms with E-state index in [-0.39, 0.29) is 23.3 Å². The topological polar surface area (TPSA) is 73.2 Å². The van der Waals surface area contributed by atoms with Gasteiger partial charge in [0.05, 0.1) is 17.8 Å². The zero-order valence-corrected chi connectivity index (χ0v) is 19.9. The van der Waals surface area contributed by atoms with E-state index < -0.39 is 5.41 Å². The molecule has 4 aromatic rings. The van der Waals surface area contributed by atoms with Gasteiger partial charge >= 0.3 is 0 Å². The lowest BCUT2D eigenvalue weighted by Crippen LogP contribution is -2.46. The van der Waals surface area contributed by atoms with Crippen LogP contribution < -0.4 is 0 Å². The molecule has 0 aliphatic heterocycles. The quantitative estimate of drug-likeness (QED) is 0.338. The van der Waals surface area contributed by atoms with Crippen LogP contribution in [-0.4, -0.2) is 20.7 Å². The number of rotatable bonds is 2. The summed E-state index contributed by atoms with van der Waals surface area (Å²) in [7, 11) is 0. The Labute approximate surface area is 203 Å². The molecule has 3 heterocycles. The number of allylic oxidation sites excluding steroid dienone is 2. The smallest absolute Gasteiger partial charge is 0.226 e. The summed E-state index contributed by atoms with van der Waals surface area (Å²) in [5, 5.41) is 0.971. The number of fused-ring (bicyclic) bond motifs is 4. The number of Topliss-reactive ketones (excluding diaryl/α,β-unsaturated/α-hetero) is 1. The molecule has 172 valence electrons. The van der Waals surface area contributed by atoms with Crippen molar-refractivity contribution in [2.75, 3.05) is 0 Å². The minimum absolute atomic E-state index is 0.0659. The molecule has 0 bridgehead atoms. The Kier molecular flexibility index (Phi) is 4.72. The van der Waals surface area contributed by atoms with Crippen molar-refractivity contribution < 1.29 is 9.21 Å². The minimum atomic E-state index is -0.558. The highest BCUT2D eigenvalue weighted by molar-refractivity contribution is 6.00. The van der Waals surface area contributed by atoms with Crippen LogP contribution in [0.5, 0.6) is 0 Å². The van der Waals surface area contributed by atoms with E-state index in [9.17, 15) is 4.79 Å². The van der Waals surface area contributed by atoms with Crippen molar-refractivity contribution in [2.24, 2.45) is 11.8 Å².